The Labute approximate surface area is 105 Å². The zero-order valence-electron chi connectivity index (χ0n) is 10.2. The summed E-state index contributed by atoms with van der Waals surface area (Å²) in [6.45, 7) is 4.63. The largest absolute Gasteiger partial charge is 0.374 e. The van der Waals surface area contributed by atoms with Crippen molar-refractivity contribution in [1.29, 1.82) is 0 Å². The van der Waals surface area contributed by atoms with Crippen LogP contribution in [0.15, 0.2) is 12.1 Å². The van der Waals surface area contributed by atoms with E-state index in [9.17, 15) is 8.78 Å². The molecule has 0 aliphatic heterocycles. The highest BCUT2D eigenvalue weighted by atomic mass is 32.1. The maximum absolute atomic E-state index is 11.8. The number of aryl methyl sites for hydroxylation is 1. The lowest BCUT2D eigenvalue weighted by Gasteiger charge is -2.12. The van der Waals surface area contributed by atoms with Crippen LogP contribution in [-0.2, 0) is 11.2 Å². The predicted molar refractivity (Wildman–Crippen MR) is 66.9 cm³/mol. The highest BCUT2D eigenvalue weighted by molar-refractivity contribution is 7.12. The number of hydrogen-bond acceptors (Lipinski definition) is 3. The summed E-state index contributed by atoms with van der Waals surface area (Å²) in [6, 6.07) is 4.49. The molecule has 0 radical (unpaired) electrons. The van der Waals surface area contributed by atoms with Gasteiger partial charge >= 0.3 is 0 Å². The van der Waals surface area contributed by atoms with E-state index in [1.807, 2.05) is 0 Å². The van der Waals surface area contributed by atoms with E-state index < -0.39 is 13.0 Å². The summed E-state index contributed by atoms with van der Waals surface area (Å²) in [5.41, 5.74) is 0. The molecular formula is C12H19F2NOS. The summed E-state index contributed by atoms with van der Waals surface area (Å²) >= 11 is 1.79. The van der Waals surface area contributed by atoms with Crippen LogP contribution in [0, 0.1) is 0 Å². The fourth-order valence-corrected chi connectivity index (χ4v) is 2.42. The molecule has 0 amide bonds. The minimum absolute atomic E-state index is 0.246. The molecule has 98 valence electrons. The standard InChI is InChI=1S/C12H19F2NOS/c1-3-10-4-5-11(17-10)9(2)15-6-7-16-8-12(13)14/h4-5,9,12,15H,3,6-8H2,1-2H3. The van der Waals surface area contributed by atoms with Gasteiger partial charge in [0.2, 0.25) is 0 Å². The zero-order chi connectivity index (χ0) is 12.7. The number of nitrogens with one attached hydrogen (secondary N) is 1. The van der Waals surface area contributed by atoms with Gasteiger partial charge in [-0.1, -0.05) is 6.92 Å². The Hall–Kier alpha value is -0.520. The summed E-state index contributed by atoms with van der Waals surface area (Å²) in [7, 11) is 0. The third kappa shape index (κ3) is 5.57. The van der Waals surface area contributed by atoms with Gasteiger partial charge in [-0.2, -0.15) is 0 Å². The molecule has 1 rings (SSSR count). The molecule has 0 aromatic carbocycles. The number of thiophene rings is 1. The second-order valence-electron chi connectivity index (χ2n) is 3.80. The van der Waals surface area contributed by atoms with Crippen molar-refractivity contribution in [3.8, 4) is 0 Å². The van der Waals surface area contributed by atoms with Gasteiger partial charge in [-0.3, -0.25) is 0 Å². The third-order valence-electron chi connectivity index (χ3n) is 2.40. The highest BCUT2D eigenvalue weighted by Gasteiger charge is 2.07. The molecule has 1 aromatic heterocycles. The van der Waals surface area contributed by atoms with Crippen LogP contribution >= 0.6 is 11.3 Å². The van der Waals surface area contributed by atoms with Crippen molar-refractivity contribution in [3.63, 3.8) is 0 Å². The summed E-state index contributed by atoms with van der Waals surface area (Å²) in [6.07, 6.45) is -1.33. The Morgan fingerprint density at radius 3 is 2.76 bits per heavy atom. The smallest absolute Gasteiger partial charge is 0.261 e. The third-order valence-corrected chi connectivity index (χ3v) is 3.81. The van der Waals surface area contributed by atoms with Gasteiger partial charge in [0.15, 0.2) is 0 Å². The van der Waals surface area contributed by atoms with Gasteiger partial charge in [0.05, 0.1) is 6.61 Å². The maximum Gasteiger partial charge on any atom is 0.261 e. The van der Waals surface area contributed by atoms with E-state index in [1.54, 1.807) is 11.3 Å². The van der Waals surface area contributed by atoms with Crippen molar-refractivity contribution in [3.05, 3.63) is 21.9 Å². The van der Waals surface area contributed by atoms with Crippen LogP contribution in [-0.4, -0.2) is 26.2 Å². The number of alkyl halides is 2. The number of ether oxygens (including phenoxy) is 1. The fourth-order valence-electron chi connectivity index (χ4n) is 1.44. The average molecular weight is 263 g/mol. The maximum atomic E-state index is 11.8. The van der Waals surface area contributed by atoms with Crippen molar-refractivity contribution in [2.45, 2.75) is 32.7 Å². The van der Waals surface area contributed by atoms with E-state index in [0.717, 1.165) is 6.42 Å². The highest BCUT2D eigenvalue weighted by Crippen LogP contribution is 2.23. The molecule has 0 aliphatic rings. The molecule has 1 N–H and O–H groups in total. The molecule has 1 aromatic rings. The van der Waals surface area contributed by atoms with E-state index >= 15 is 0 Å². The van der Waals surface area contributed by atoms with E-state index in [0.29, 0.717) is 13.2 Å². The van der Waals surface area contributed by atoms with Gasteiger partial charge in [0.1, 0.15) is 6.61 Å². The first kappa shape index (κ1) is 14.5. The number of hydrogen-bond donors (Lipinski definition) is 1. The lowest BCUT2D eigenvalue weighted by atomic mass is 10.2. The minimum Gasteiger partial charge on any atom is -0.374 e. The topological polar surface area (TPSA) is 21.3 Å². The molecule has 1 unspecified atom stereocenters. The van der Waals surface area contributed by atoms with Crippen molar-refractivity contribution in [2.75, 3.05) is 19.8 Å². The van der Waals surface area contributed by atoms with Crippen molar-refractivity contribution < 1.29 is 13.5 Å². The monoisotopic (exact) mass is 263 g/mol. The quantitative estimate of drug-likeness (QED) is 0.727. The lowest BCUT2D eigenvalue weighted by molar-refractivity contribution is 0.0183. The van der Waals surface area contributed by atoms with Crippen LogP contribution in [0.5, 0.6) is 0 Å². The second-order valence-corrected chi connectivity index (χ2v) is 5.00. The van der Waals surface area contributed by atoms with E-state index in [4.69, 9.17) is 4.74 Å². The summed E-state index contributed by atoms with van der Waals surface area (Å²) < 4.78 is 28.4. The first-order chi connectivity index (χ1) is 8.13. The van der Waals surface area contributed by atoms with E-state index in [-0.39, 0.29) is 6.04 Å². The Bertz CT molecular complexity index is 317. The molecular weight excluding hydrogens is 244 g/mol. The normalized spacial score (nSPS) is 13.2. The number of rotatable bonds is 8. The SMILES string of the molecule is CCc1ccc(C(C)NCCOCC(F)F)s1. The van der Waals surface area contributed by atoms with Crippen LogP contribution in [0.25, 0.3) is 0 Å². The second kappa shape index (κ2) is 7.74. The molecule has 0 bridgehead atoms. The van der Waals surface area contributed by atoms with Crippen LogP contribution in [0.1, 0.15) is 29.6 Å². The number of halogens is 2. The summed E-state index contributed by atoms with van der Waals surface area (Å²) in [5, 5.41) is 3.25. The van der Waals surface area contributed by atoms with E-state index in [1.165, 1.54) is 9.75 Å². The first-order valence-electron chi connectivity index (χ1n) is 5.81. The molecule has 0 spiro atoms. The Kier molecular flexibility index (Phi) is 6.62. The Morgan fingerprint density at radius 2 is 2.18 bits per heavy atom. The minimum atomic E-state index is -2.38. The van der Waals surface area contributed by atoms with Crippen LogP contribution in [0.3, 0.4) is 0 Å². The summed E-state index contributed by atoms with van der Waals surface area (Å²) in [5.74, 6) is 0. The van der Waals surface area contributed by atoms with Crippen LogP contribution in [0.4, 0.5) is 8.78 Å². The molecule has 0 fully saturated rings. The molecule has 1 heterocycles. The van der Waals surface area contributed by atoms with Gasteiger partial charge < -0.3 is 10.1 Å². The van der Waals surface area contributed by atoms with Crippen LogP contribution in [0.2, 0.25) is 0 Å². The molecule has 17 heavy (non-hydrogen) atoms. The molecule has 0 saturated heterocycles. The molecule has 0 aliphatic carbocycles. The van der Waals surface area contributed by atoms with Gasteiger partial charge in [0.25, 0.3) is 6.43 Å². The van der Waals surface area contributed by atoms with E-state index in [2.05, 4.69) is 31.3 Å². The average Bonchev–Trinajstić information content (AvgIpc) is 2.76. The zero-order valence-corrected chi connectivity index (χ0v) is 11.0. The lowest BCUT2D eigenvalue weighted by Crippen LogP contribution is -2.23. The van der Waals surface area contributed by atoms with Gasteiger partial charge in [-0.25, -0.2) is 8.78 Å². The fraction of sp³-hybridized carbons (Fsp3) is 0.667. The summed E-state index contributed by atoms with van der Waals surface area (Å²) in [4.78, 5) is 2.64. The Balaban J connectivity index is 2.18. The molecule has 1 atom stereocenters. The van der Waals surface area contributed by atoms with Crippen molar-refractivity contribution in [1.82, 2.24) is 5.32 Å². The first-order valence-corrected chi connectivity index (χ1v) is 6.63. The van der Waals surface area contributed by atoms with Gasteiger partial charge in [-0.15, -0.1) is 11.3 Å². The molecule has 5 heteroatoms. The van der Waals surface area contributed by atoms with Gasteiger partial charge in [0, 0.05) is 22.3 Å². The Morgan fingerprint density at radius 1 is 1.41 bits per heavy atom. The van der Waals surface area contributed by atoms with Crippen molar-refractivity contribution in [2.24, 2.45) is 0 Å². The molecule has 2 nitrogen and oxygen atoms in total. The van der Waals surface area contributed by atoms with Crippen LogP contribution < -0.4 is 5.32 Å². The van der Waals surface area contributed by atoms with Gasteiger partial charge in [-0.05, 0) is 25.5 Å². The van der Waals surface area contributed by atoms with Crippen molar-refractivity contribution >= 4 is 11.3 Å². The predicted octanol–water partition coefficient (Wildman–Crippen LogP) is 3.24. The molecule has 0 saturated carbocycles.